The van der Waals surface area contributed by atoms with Crippen LogP contribution >= 0.6 is 0 Å². The Morgan fingerprint density at radius 1 is 1.32 bits per heavy atom. The summed E-state index contributed by atoms with van der Waals surface area (Å²) in [6.07, 6.45) is 2.55. The third kappa shape index (κ3) is 2.76. The van der Waals surface area contributed by atoms with Gasteiger partial charge in [-0.3, -0.25) is 9.36 Å². The Kier molecular flexibility index (Phi) is 4.57. The number of nitrogen functional groups attached to an aromatic ring is 1. The summed E-state index contributed by atoms with van der Waals surface area (Å²) in [5, 5.41) is 3.31. The lowest BCUT2D eigenvalue weighted by Gasteiger charge is -2.25. The topological polar surface area (TPSA) is 94.5 Å². The van der Waals surface area contributed by atoms with Crippen LogP contribution in [-0.4, -0.2) is 42.5 Å². The number of halogens is 1. The summed E-state index contributed by atoms with van der Waals surface area (Å²) in [5.74, 6) is 5.73. The van der Waals surface area contributed by atoms with Crippen molar-refractivity contribution >= 4 is 16.6 Å². The van der Waals surface area contributed by atoms with Crippen LogP contribution in [0.25, 0.3) is 10.9 Å². The van der Waals surface area contributed by atoms with Crippen LogP contribution in [0.5, 0.6) is 5.75 Å². The summed E-state index contributed by atoms with van der Waals surface area (Å²) in [6.45, 7) is 3.45. The summed E-state index contributed by atoms with van der Waals surface area (Å²) in [7, 11) is 3.36. The average molecular weight is 391 g/mol. The van der Waals surface area contributed by atoms with E-state index in [0.717, 1.165) is 19.3 Å². The van der Waals surface area contributed by atoms with Gasteiger partial charge in [0.05, 0.1) is 12.5 Å². The van der Waals surface area contributed by atoms with E-state index in [2.05, 4.69) is 12.2 Å². The standard InChI is InChI=1S/C19H26FN5O3/c1-10(22-2)11-6-7-23(9-11)16-14(20)8-13-15(17(16)28-3)24(12-4-5-12)19(27)25(21)18(13)26/h8,10-12,22H,4-7,9,21H2,1-3H3/t10-,11?/m0/s1. The molecule has 1 aromatic carbocycles. The molecule has 9 heteroatoms. The van der Waals surface area contributed by atoms with E-state index in [-0.39, 0.29) is 17.2 Å². The van der Waals surface area contributed by atoms with E-state index < -0.39 is 17.1 Å². The highest BCUT2D eigenvalue weighted by molar-refractivity contribution is 5.91. The van der Waals surface area contributed by atoms with Crippen molar-refractivity contribution in [2.24, 2.45) is 5.92 Å². The van der Waals surface area contributed by atoms with Gasteiger partial charge in [0.2, 0.25) is 0 Å². The maximum Gasteiger partial charge on any atom is 0.350 e. The molecule has 0 spiro atoms. The average Bonchev–Trinajstić information content (AvgIpc) is 3.41. The molecule has 1 aliphatic carbocycles. The van der Waals surface area contributed by atoms with Crippen LogP contribution in [-0.2, 0) is 0 Å². The van der Waals surface area contributed by atoms with Crippen LogP contribution in [0.1, 0.15) is 32.2 Å². The molecule has 152 valence electrons. The maximum absolute atomic E-state index is 15.2. The number of nitrogens with zero attached hydrogens (tertiary/aromatic N) is 3. The molecule has 2 aliphatic rings. The minimum Gasteiger partial charge on any atom is -0.492 e. The molecule has 8 nitrogen and oxygen atoms in total. The van der Waals surface area contributed by atoms with Gasteiger partial charge in [0, 0.05) is 25.2 Å². The molecule has 4 rings (SSSR count). The van der Waals surface area contributed by atoms with Crippen molar-refractivity contribution in [1.82, 2.24) is 14.6 Å². The van der Waals surface area contributed by atoms with Gasteiger partial charge in [-0.15, -0.1) is 0 Å². The lowest BCUT2D eigenvalue weighted by Crippen LogP contribution is -2.44. The Bertz CT molecular complexity index is 1040. The molecule has 2 fully saturated rings. The first-order chi connectivity index (χ1) is 13.4. The van der Waals surface area contributed by atoms with Crippen molar-refractivity contribution in [2.45, 2.75) is 38.3 Å². The van der Waals surface area contributed by atoms with E-state index in [1.165, 1.54) is 17.7 Å². The van der Waals surface area contributed by atoms with E-state index in [0.29, 0.717) is 40.9 Å². The molecular weight excluding hydrogens is 365 g/mol. The summed E-state index contributed by atoms with van der Waals surface area (Å²) in [5.41, 5.74) is -0.672. The zero-order chi connectivity index (χ0) is 20.2. The molecule has 2 atom stereocenters. The van der Waals surface area contributed by atoms with Gasteiger partial charge in [-0.25, -0.2) is 9.18 Å². The van der Waals surface area contributed by atoms with Crippen molar-refractivity contribution in [2.75, 3.05) is 38.0 Å². The summed E-state index contributed by atoms with van der Waals surface area (Å²) >= 11 is 0. The first-order valence-electron chi connectivity index (χ1n) is 9.64. The van der Waals surface area contributed by atoms with Crippen molar-refractivity contribution in [1.29, 1.82) is 0 Å². The fourth-order valence-corrected chi connectivity index (χ4v) is 4.23. The quantitative estimate of drug-likeness (QED) is 0.732. The number of benzene rings is 1. The van der Waals surface area contributed by atoms with Crippen LogP contribution in [0.15, 0.2) is 15.7 Å². The lowest BCUT2D eigenvalue weighted by molar-refractivity contribution is 0.410. The van der Waals surface area contributed by atoms with Crippen LogP contribution in [0.3, 0.4) is 0 Å². The fourth-order valence-electron chi connectivity index (χ4n) is 4.23. The predicted octanol–water partition coefficient (Wildman–Crippen LogP) is 0.794. The van der Waals surface area contributed by atoms with Crippen molar-refractivity contribution in [3.05, 3.63) is 32.7 Å². The van der Waals surface area contributed by atoms with Gasteiger partial charge in [0.25, 0.3) is 5.56 Å². The number of rotatable bonds is 5. The normalized spacial score (nSPS) is 20.7. The second kappa shape index (κ2) is 6.80. The van der Waals surface area contributed by atoms with Gasteiger partial charge in [0.1, 0.15) is 11.2 Å². The number of nitrogens with one attached hydrogen (secondary N) is 1. The smallest absolute Gasteiger partial charge is 0.350 e. The highest BCUT2D eigenvalue weighted by Gasteiger charge is 2.34. The third-order valence-electron chi connectivity index (χ3n) is 6.10. The predicted molar refractivity (Wildman–Crippen MR) is 106 cm³/mol. The van der Waals surface area contributed by atoms with E-state index in [1.807, 2.05) is 11.9 Å². The molecule has 0 radical (unpaired) electrons. The van der Waals surface area contributed by atoms with E-state index in [9.17, 15) is 9.59 Å². The van der Waals surface area contributed by atoms with Crippen LogP contribution in [0, 0.1) is 11.7 Å². The molecule has 1 saturated heterocycles. The molecule has 0 amide bonds. The molecule has 1 saturated carbocycles. The zero-order valence-corrected chi connectivity index (χ0v) is 16.4. The first kappa shape index (κ1) is 18.8. The second-order valence-corrected chi connectivity index (χ2v) is 7.77. The lowest BCUT2D eigenvalue weighted by atomic mass is 10.0. The molecule has 3 N–H and O–H groups in total. The van der Waals surface area contributed by atoms with Gasteiger partial charge in [0.15, 0.2) is 11.6 Å². The minimum absolute atomic E-state index is 0.0479. The summed E-state index contributed by atoms with van der Waals surface area (Å²) in [4.78, 5) is 27.2. The molecule has 0 bridgehead atoms. The minimum atomic E-state index is -0.719. The molecule has 1 aromatic heterocycles. The number of hydrogen-bond donors (Lipinski definition) is 2. The summed E-state index contributed by atoms with van der Waals surface area (Å²) in [6, 6.07) is 1.44. The number of anilines is 1. The Balaban J connectivity index is 1.95. The Morgan fingerprint density at radius 2 is 2.04 bits per heavy atom. The van der Waals surface area contributed by atoms with Crippen molar-refractivity contribution in [3.8, 4) is 5.75 Å². The van der Waals surface area contributed by atoms with Crippen molar-refractivity contribution in [3.63, 3.8) is 0 Å². The number of aromatic nitrogens is 2. The first-order valence-corrected chi connectivity index (χ1v) is 9.64. The van der Waals surface area contributed by atoms with Gasteiger partial charge in [-0.05, 0) is 45.2 Å². The van der Waals surface area contributed by atoms with Gasteiger partial charge in [-0.2, -0.15) is 4.68 Å². The maximum atomic E-state index is 15.2. The molecule has 1 unspecified atom stereocenters. The van der Waals surface area contributed by atoms with E-state index >= 15 is 4.39 Å². The second-order valence-electron chi connectivity index (χ2n) is 7.77. The highest BCUT2D eigenvalue weighted by Crippen LogP contribution is 2.43. The number of hydrogen-bond acceptors (Lipinski definition) is 6. The monoisotopic (exact) mass is 391 g/mol. The molecule has 2 aromatic rings. The number of ether oxygens (including phenoxy) is 1. The Labute approximate surface area is 161 Å². The van der Waals surface area contributed by atoms with Gasteiger partial charge in [-0.1, -0.05) is 0 Å². The number of methoxy groups -OCH3 is 1. The number of fused-ring (bicyclic) bond motifs is 1. The van der Waals surface area contributed by atoms with Crippen molar-refractivity contribution < 1.29 is 9.13 Å². The largest absolute Gasteiger partial charge is 0.492 e. The van der Waals surface area contributed by atoms with E-state index in [1.54, 1.807) is 0 Å². The molecule has 2 heterocycles. The highest BCUT2D eigenvalue weighted by atomic mass is 19.1. The van der Waals surface area contributed by atoms with Crippen LogP contribution in [0.4, 0.5) is 10.1 Å². The molecule has 28 heavy (non-hydrogen) atoms. The summed E-state index contributed by atoms with van der Waals surface area (Å²) < 4.78 is 22.8. The Morgan fingerprint density at radius 3 is 2.64 bits per heavy atom. The number of nitrogens with two attached hydrogens (primary N) is 1. The zero-order valence-electron chi connectivity index (χ0n) is 16.4. The fraction of sp³-hybridized carbons (Fsp3) is 0.579. The Hall–Kier alpha value is -2.55. The molecule has 1 aliphatic heterocycles. The molecular formula is C19H26FN5O3. The van der Waals surface area contributed by atoms with E-state index in [4.69, 9.17) is 10.6 Å². The third-order valence-corrected chi connectivity index (χ3v) is 6.10. The van der Waals surface area contributed by atoms with Gasteiger partial charge < -0.3 is 20.8 Å². The SMILES string of the molecule is CN[C@@H](C)C1CCN(c2c(F)cc3c(=O)n(N)c(=O)n(C4CC4)c3c2OC)C1. The van der Waals surface area contributed by atoms with Crippen LogP contribution < -0.4 is 32.0 Å². The van der Waals surface area contributed by atoms with Crippen LogP contribution in [0.2, 0.25) is 0 Å². The van der Waals surface area contributed by atoms with Gasteiger partial charge >= 0.3 is 5.69 Å².